The van der Waals surface area contributed by atoms with E-state index in [1.54, 1.807) is 24.3 Å². The number of rotatable bonds is 6. The Kier molecular flexibility index (Phi) is 5.59. The quantitative estimate of drug-likeness (QED) is 0.775. The first-order valence-corrected chi connectivity index (χ1v) is 9.00. The van der Waals surface area contributed by atoms with Crippen LogP contribution in [0.1, 0.15) is 12.8 Å². The Hall–Kier alpha value is -2.09. The number of nitrogens with one attached hydrogen (secondary N) is 1. The number of esters is 1. The number of anilines is 1. The van der Waals surface area contributed by atoms with E-state index >= 15 is 0 Å². The monoisotopic (exact) mass is 341 g/mol. The Morgan fingerprint density at radius 3 is 2.70 bits per heavy atom. The first-order chi connectivity index (χ1) is 10.9. The smallest absolute Gasteiger partial charge is 0.306 e. The maximum atomic E-state index is 11.8. The fourth-order valence-corrected chi connectivity index (χ4v) is 4.27. The van der Waals surface area contributed by atoms with Gasteiger partial charge in [0, 0.05) is 6.42 Å². The van der Waals surface area contributed by atoms with Crippen LogP contribution in [0, 0.1) is 5.92 Å². The lowest BCUT2D eigenvalue weighted by Crippen LogP contribution is -2.22. The van der Waals surface area contributed by atoms with Gasteiger partial charge in [-0.2, -0.15) is 0 Å². The van der Waals surface area contributed by atoms with Gasteiger partial charge in [0.15, 0.2) is 16.4 Å². The highest BCUT2D eigenvalue weighted by atomic mass is 32.2. The minimum Gasteiger partial charge on any atom is -0.495 e. The standard InChI is InChI=1S/C15H19NO6S/c1-21-13-5-3-2-4-12(13)16-14(17)9-22-15(18)8-11-6-7-23(19,20)10-11/h2-5,11H,6-10H2,1H3,(H,16,17)/t11-/m0/s1. The minimum absolute atomic E-state index is 0.00944. The van der Waals surface area contributed by atoms with E-state index in [9.17, 15) is 18.0 Å². The second kappa shape index (κ2) is 7.45. The van der Waals surface area contributed by atoms with Crippen molar-refractivity contribution in [2.75, 3.05) is 30.5 Å². The van der Waals surface area contributed by atoms with Gasteiger partial charge in [-0.05, 0) is 24.5 Å². The first-order valence-electron chi connectivity index (χ1n) is 7.18. The van der Waals surface area contributed by atoms with Crippen LogP contribution in [0.3, 0.4) is 0 Å². The summed E-state index contributed by atoms with van der Waals surface area (Å²) >= 11 is 0. The highest BCUT2D eigenvalue weighted by Crippen LogP contribution is 2.23. The van der Waals surface area contributed by atoms with Gasteiger partial charge in [-0.25, -0.2) is 8.42 Å². The maximum absolute atomic E-state index is 11.8. The summed E-state index contributed by atoms with van der Waals surface area (Å²) < 4.78 is 32.6. The van der Waals surface area contributed by atoms with Gasteiger partial charge >= 0.3 is 5.97 Å². The second-order valence-corrected chi connectivity index (χ2v) is 7.61. The number of carbonyl (C=O) groups is 2. The van der Waals surface area contributed by atoms with E-state index in [-0.39, 0.29) is 23.8 Å². The Bertz CT molecular complexity index is 685. The molecule has 0 saturated carbocycles. The first kappa shape index (κ1) is 17.3. The third-order valence-corrected chi connectivity index (χ3v) is 5.36. The van der Waals surface area contributed by atoms with E-state index in [1.807, 2.05) is 0 Å². The molecule has 8 heteroatoms. The third kappa shape index (κ3) is 5.24. The summed E-state index contributed by atoms with van der Waals surface area (Å²) in [6.07, 6.45) is 0.478. The molecule has 1 aliphatic heterocycles. The van der Waals surface area contributed by atoms with E-state index in [2.05, 4.69) is 5.32 Å². The summed E-state index contributed by atoms with van der Waals surface area (Å²) in [7, 11) is -1.53. The lowest BCUT2D eigenvalue weighted by molar-refractivity contribution is -0.148. The van der Waals surface area contributed by atoms with Gasteiger partial charge in [-0.15, -0.1) is 0 Å². The zero-order chi connectivity index (χ0) is 16.9. The maximum Gasteiger partial charge on any atom is 0.306 e. The van der Waals surface area contributed by atoms with Crippen molar-refractivity contribution in [3.05, 3.63) is 24.3 Å². The van der Waals surface area contributed by atoms with Gasteiger partial charge in [0.2, 0.25) is 0 Å². The summed E-state index contributed by atoms with van der Waals surface area (Å²) in [5.74, 6) is -0.647. The van der Waals surface area contributed by atoms with Crippen LogP contribution in [0.4, 0.5) is 5.69 Å². The second-order valence-electron chi connectivity index (χ2n) is 5.38. The molecule has 1 saturated heterocycles. The summed E-state index contributed by atoms with van der Waals surface area (Å²) in [5, 5.41) is 2.59. The largest absolute Gasteiger partial charge is 0.495 e. The molecule has 1 N–H and O–H groups in total. The predicted octanol–water partition coefficient (Wildman–Crippen LogP) is 1.00. The number of methoxy groups -OCH3 is 1. The van der Waals surface area contributed by atoms with Crippen molar-refractivity contribution in [3.63, 3.8) is 0 Å². The third-order valence-electron chi connectivity index (χ3n) is 3.53. The molecule has 0 aromatic heterocycles. The zero-order valence-electron chi connectivity index (χ0n) is 12.8. The lowest BCUT2D eigenvalue weighted by atomic mass is 10.1. The molecule has 0 aliphatic carbocycles. The van der Waals surface area contributed by atoms with Crippen LogP contribution in [-0.4, -0.2) is 45.5 Å². The molecule has 1 aliphatic rings. The van der Waals surface area contributed by atoms with Crippen molar-refractivity contribution in [1.82, 2.24) is 0 Å². The summed E-state index contributed by atoms with van der Waals surface area (Å²) in [6, 6.07) is 6.87. The Morgan fingerprint density at radius 2 is 2.04 bits per heavy atom. The molecule has 0 radical (unpaired) electrons. The van der Waals surface area contributed by atoms with Gasteiger partial charge in [-0.1, -0.05) is 12.1 Å². The molecule has 0 unspecified atom stereocenters. The fraction of sp³-hybridized carbons (Fsp3) is 0.467. The molecule has 23 heavy (non-hydrogen) atoms. The summed E-state index contributed by atoms with van der Waals surface area (Å²) in [5.41, 5.74) is 0.484. The van der Waals surface area contributed by atoms with Gasteiger partial charge in [0.1, 0.15) is 5.75 Å². The molecule has 1 aromatic rings. The molecule has 2 rings (SSSR count). The number of hydrogen-bond donors (Lipinski definition) is 1. The van der Waals surface area contributed by atoms with Gasteiger partial charge < -0.3 is 14.8 Å². The van der Waals surface area contributed by atoms with Crippen LogP contribution in [0.15, 0.2) is 24.3 Å². The molecule has 0 bridgehead atoms. The van der Waals surface area contributed by atoms with Crippen LogP contribution in [-0.2, 0) is 24.2 Å². The molecule has 1 amide bonds. The Morgan fingerprint density at radius 1 is 1.30 bits per heavy atom. The van der Waals surface area contributed by atoms with Crippen molar-refractivity contribution in [1.29, 1.82) is 0 Å². The van der Waals surface area contributed by atoms with E-state index < -0.39 is 28.3 Å². The molecule has 1 aromatic carbocycles. The summed E-state index contributed by atoms with van der Waals surface area (Å²) in [4.78, 5) is 23.5. The van der Waals surface area contributed by atoms with Crippen molar-refractivity contribution in [2.24, 2.45) is 5.92 Å². The topological polar surface area (TPSA) is 98.8 Å². The number of hydrogen-bond acceptors (Lipinski definition) is 6. The van der Waals surface area contributed by atoms with E-state index in [4.69, 9.17) is 9.47 Å². The van der Waals surface area contributed by atoms with Gasteiger partial charge in [0.05, 0.1) is 24.3 Å². The van der Waals surface area contributed by atoms with Crippen LogP contribution in [0.5, 0.6) is 5.75 Å². The number of amides is 1. The van der Waals surface area contributed by atoms with E-state index in [0.717, 1.165) is 0 Å². The van der Waals surface area contributed by atoms with Crippen LogP contribution in [0.25, 0.3) is 0 Å². The molecular formula is C15H19NO6S. The fourth-order valence-electron chi connectivity index (χ4n) is 2.41. The Balaban J connectivity index is 1.77. The van der Waals surface area contributed by atoms with Gasteiger partial charge in [-0.3, -0.25) is 9.59 Å². The van der Waals surface area contributed by atoms with Crippen LogP contribution >= 0.6 is 0 Å². The normalized spacial score (nSPS) is 19.1. The Labute approximate surface area is 134 Å². The van der Waals surface area contributed by atoms with Crippen molar-refractivity contribution in [2.45, 2.75) is 12.8 Å². The van der Waals surface area contributed by atoms with Crippen molar-refractivity contribution >= 4 is 27.4 Å². The average Bonchev–Trinajstić information content (AvgIpc) is 2.84. The summed E-state index contributed by atoms with van der Waals surface area (Å²) in [6.45, 7) is -0.420. The van der Waals surface area contributed by atoms with Gasteiger partial charge in [0.25, 0.3) is 5.91 Å². The molecule has 1 heterocycles. The lowest BCUT2D eigenvalue weighted by Gasteiger charge is -2.11. The molecule has 126 valence electrons. The van der Waals surface area contributed by atoms with Crippen molar-refractivity contribution in [3.8, 4) is 5.75 Å². The predicted molar refractivity (Wildman–Crippen MR) is 84.0 cm³/mol. The molecule has 0 spiro atoms. The van der Waals surface area contributed by atoms with Crippen LogP contribution < -0.4 is 10.1 Å². The molecule has 7 nitrogen and oxygen atoms in total. The number of ether oxygens (including phenoxy) is 2. The zero-order valence-corrected chi connectivity index (χ0v) is 13.6. The van der Waals surface area contributed by atoms with Crippen molar-refractivity contribution < 1.29 is 27.5 Å². The molecular weight excluding hydrogens is 322 g/mol. The number of para-hydroxylation sites is 2. The number of benzene rings is 1. The molecule has 1 fully saturated rings. The number of sulfone groups is 1. The van der Waals surface area contributed by atoms with Crippen LogP contribution in [0.2, 0.25) is 0 Å². The highest BCUT2D eigenvalue weighted by Gasteiger charge is 2.30. The van der Waals surface area contributed by atoms with E-state index in [0.29, 0.717) is 17.9 Å². The molecule has 1 atom stereocenters. The highest BCUT2D eigenvalue weighted by molar-refractivity contribution is 7.91. The number of carbonyl (C=O) groups excluding carboxylic acids is 2. The SMILES string of the molecule is COc1ccccc1NC(=O)COC(=O)C[C@@H]1CCS(=O)(=O)C1. The average molecular weight is 341 g/mol. The van der Waals surface area contributed by atoms with E-state index in [1.165, 1.54) is 7.11 Å². The minimum atomic E-state index is -3.02.